The van der Waals surface area contributed by atoms with Gasteiger partial charge in [0.15, 0.2) is 0 Å². The number of nitrogens with one attached hydrogen (secondary N) is 1. The van der Waals surface area contributed by atoms with Gasteiger partial charge in [-0.3, -0.25) is 9.59 Å². The molecule has 2 amide bonds. The summed E-state index contributed by atoms with van der Waals surface area (Å²) in [5, 5.41) is 3.21. The monoisotopic (exact) mass is 351 g/mol. The number of amides is 2. The van der Waals surface area contributed by atoms with E-state index in [-0.39, 0.29) is 23.8 Å². The fourth-order valence-electron chi connectivity index (χ4n) is 3.20. The first kappa shape index (κ1) is 17.2. The van der Waals surface area contributed by atoms with Crippen LogP contribution in [0, 0.1) is 5.92 Å². The number of carbonyl (C=O) groups is 2. The topological polar surface area (TPSA) is 84.7 Å². The van der Waals surface area contributed by atoms with Crippen molar-refractivity contribution in [1.29, 1.82) is 0 Å². The molecule has 1 aliphatic carbocycles. The summed E-state index contributed by atoms with van der Waals surface area (Å²) < 4.78 is 5.25. The van der Waals surface area contributed by atoms with Gasteiger partial charge in [0.05, 0.1) is 23.8 Å². The molecule has 0 aromatic heterocycles. The summed E-state index contributed by atoms with van der Waals surface area (Å²) in [5.41, 5.74) is 6.90. The zero-order valence-corrected chi connectivity index (χ0v) is 14.2. The van der Waals surface area contributed by atoms with Crippen LogP contribution in [0.4, 0.5) is 5.69 Å². The van der Waals surface area contributed by atoms with Crippen LogP contribution in [0.2, 0.25) is 5.02 Å². The number of nitrogens with two attached hydrogens (primary N) is 1. The Bertz CT molecular complexity index is 632. The average molecular weight is 352 g/mol. The van der Waals surface area contributed by atoms with Gasteiger partial charge in [0, 0.05) is 30.7 Å². The Hall–Kier alpha value is -1.63. The fraction of sp³-hybridized carbons (Fsp3) is 0.529. The molecule has 24 heavy (non-hydrogen) atoms. The van der Waals surface area contributed by atoms with Crippen molar-refractivity contribution in [3.8, 4) is 0 Å². The molecule has 1 aliphatic heterocycles. The highest BCUT2D eigenvalue weighted by Gasteiger charge is 2.28. The minimum atomic E-state index is -0.108. The van der Waals surface area contributed by atoms with Crippen LogP contribution < -0.4 is 11.1 Å². The number of nitrogens with zero attached hydrogens (tertiary/aromatic N) is 1. The van der Waals surface area contributed by atoms with Crippen molar-refractivity contribution in [1.82, 2.24) is 4.90 Å². The average Bonchev–Trinajstić information content (AvgIpc) is 3.02. The van der Waals surface area contributed by atoms with Crippen LogP contribution in [0.5, 0.6) is 0 Å². The summed E-state index contributed by atoms with van der Waals surface area (Å²) in [6, 6.07) is 5.11. The SMILES string of the molecule is NC1CCC(C(=O)Nc2ccc(C(=O)N3CCOCC3)c(Cl)c2)C1. The number of carbonyl (C=O) groups excluding carboxylic acids is 2. The number of hydrogen-bond acceptors (Lipinski definition) is 4. The molecular weight excluding hydrogens is 330 g/mol. The van der Waals surface area contributed by atoms with E-state index in [1.807, 2.05) is 0 Å². The van der Waals surface area contributed by atoms with E-state index in [9.17, 15) is 9.59 Å². The molecule has 1 aromatic carbocycles. The van der Waals surface area contributed by atoms with Crippen molar-refractivity contribution >= 4 is 29.1 Å². The van der Waals surface area contributed by atoms with Gasteiger partial charge in [-0.25, -0.2) is 0 Å². The normalized spacial score (nSPS) is 24.0. The zero-order valence-electron chi connectivity index (χ0n) is 13.5. The second kappa shape index (κ2) is 7.51. The Morgan fingerprint density at radius 3 is 2.62 bits per heavy atom. The third kappa shape index (κ3) is 3.88. The lowest BCUT2D eigenvalue weighted by molar-refractivity contribution is -0.119. The first-order valence-corrected chi connectivity index (χ1v) is 8.65. The summed E-state index contributed by atoms with van der Waals surface area (Å²) in [6.07, 6.45) is 2.41. The van der Waals surface area contributed by atoms with Crippen molar-refractivity contribution in [2.24, 2.45) is 11.7 Å². The summed E-state index contributed by atoms with van der Waals surface area (Å²) in [4.78, 5) is 26.4. The van der Waals surface area contributed by atoms with Gasteiger partial charge < -0.3 is 20.7 Å². The molecule has 2 fully saturated rings. The maximum Gasteiger partial charge on any atom is 0.255 e. The number of anilines is 1. The highest BCUT2D eigenvalue weighted by molar-refractivity contribution is 6.34. The molecule has 2 aliphatic rings. The summed E-state index contributed by atoms with van der Waals surface area (Å²) in [5.74, 6) is -0.192. The lowest BCUT2D eigenvalue weighted by Gasteiger charge is -2.27. The van der Waals surface area contributed by atoms with E-state index < -0.39 is 0 Å². The summed E-state index contributed by atoms with van der Waals surface area (Å²) in [7, 11) is 0. The van der Waals surface area contributed by atoms with Crippen molar-refractivity contribution in [3.63, 3.8) is 0 Å². The Kier molecular flexibility index (Phi) is 5.38. The smallest absolute Gasteiger partial charge is 0.255 e. The van der Waals surface area contributed by atoms with Gasteiger partial charge in [-0.1, -0.05) is 11.6 Å². The Labute approximate surface area is 146 Å². The minimum absolute atomic E-state index is 0.0359. The molecular formula is C17H22ClN3O3. The summed E-state index contributed by atoms with van der Waals surface area (Å²) in [6.45, 7) is 2.22. The zero-order chi connectivity index (χ0) is 17.1. The summed E-state index contributed by atoms with van der Waals surface area (Å²) >= 11 is 6.26. The third-order valence-electron chi connectivity index (χ3n) is 4.61. The van der Waals surface area contributed by atoms with E-state index in [1.54, 1.807) is 23.1 Å². The van der Waals surface area contributed by atoms with Crippen LogP contribution in [-0.2, 0) is 9.53 Å². The number of ether oxygens (including phenoxy) is 1. The Balaban J connectivity index is 1.65. The van der Waals surface area contributed by atoms with Gasteiger partial charge in [0.25, 0.3) is 5.91 Å². The quantitative estimate of drug-likeness (QED) is 0.870. The van der Waals surface area contributed by atoms with E-state index in [2.05, 4.69) is 5.32 Å². The number of halogens is 1. The van der Waals surface area contributed by atoms with E-state index in [4.69, 9.17) is 22.1 Å². The maximum atomic E-state index is 12.5. The molecule has 2 atom stereocenters. The highest BCUT2D eigenvalue weighted by Crippen LogP contribution is 2.27. The molecule has 1 saturated heterocycles. The largest absolute Gasteiger partial charge is 0.378 e. The number of morpholine rings is 1. The molecule has 1 saturated carbocycles. The maximum absolute atomic E-state index is 12.5. The number of benzene rings is 1. The second-order valence-electron chi connectivity index (χ2n) is 6.36. The predicted octanol–water partition coefficient (Wildman–Crippen LogP) is 1.88. The first-order valence-electron chi connectivity index (χ1n) is 8.27. The molecule has 0 radical (unpaired) electrons. The van der Waals surface area contributed by atoms with Gasteiger partial charge in [-0.05, 0) is 37.5 Å². The highest BCUT2D eigenvalue weighted by atomic mass is 35.5. The minimum Gasteiger partial charge on any atom is -0.378 e. The number of rotatable bonds is 3. The van der Waals surface area contributed by atoms with Gasteiger partial charge >= 0.3 is 0 Å². The molecule has 3 rings (SSSR count). The molecule has 3 N–H and O–H groups in total. The number of hydrogen-bond donors (Lipinski definition) is 2. The third-order valence-corrected chi connectivity index (χ3v) is 4.92. The molecule has 7 heteroatoms. The molecule has 1 heterocycles. The van der Waals surface area contributed by atoms with E-state index in [1.165, 1.54) is 0 Å². The lowest BCUT2D eigenvalue weighted by atomic mass is 10.1. The van der Waals surface area contributed by atoms with Crippen molar-refractivity contribution in [2.45, 2.75) is 25.3 Å². The van der Waals surface area contributed by atoms with Crippen LogP contribution in [0.1, 0.15) is 29.6 Å². The standard InChI is InChI=1S/C17H22ClN3O3/c18-15-10-13(20-16(22)11-1-2-12(19)9-11)3-4-14(15)17(23)21-5-7-24-8-6-21/h3-4,10-12H,1-2,5-9,19H2,(H,20,22). The first-order chi connectivity index (χ1) is 11.5. The lowest BCUT2D eigenvalue weighted by Crippen LogP contribution is -2.40. The second-order valence-corrected chi connectivity index (χ2v) is 6.77. The van der Waals surface area contributed by atoms with Crippen LogP contribution in [0.25, 0.3) is 0 Å². The van der Waals surface area contributed by atoms with Crippen molar-refractivity contribution in [2.75, 3.05) is 31.6 Å². The van der Waals surface area contributed by atoms with Crippen LogP contribution in [0.15, 0.2) is 18.2 Å². The Morgan fingerprint density at radius 1 is 1.25 bits per heavy atom. The van der Waals surface area contributed by atoms with Crippen LogP contribution >= 0.6 is 11.6 Å². The molecule has 2 unspecified atom stereocenters. The van der Waals surface area contributed by atoms with Gasteiger partial charge in [0.1, 0.15) is 0 Å². The molecule has 130 valence electrons. The molecule has 0 bridgehead atoms. The van der Waals surface area contributed by atoms with Crippen LogP contribution in [-0.4, -0.2) is 49.1 Å². The van der Waals surface area contributed by atoms with Gasteiger partial charge in [-0.2, -0.15) is 0 Å². The predicted molar refractivity (Wildman–Crippen MR) is 92.1 cm³/mol. The van der Waals surface area contributed by atoms with E-state index >= 15 is 0 Å². The van der Waals surface area contributed by atoms with E-state index in [0.29, 0.717) is 49.0 Å². The van der Waals surface area contributed by atoms with E-state index in [0.717, 1.165) is 12.8 Å². The molecule has 6 nitrogen and oxygen atoms in total. The van der Waals surface area contributed by atoms with Crippen molar-refractivity contribution in [3.05, 3.63) is 28.8 Å². The fourth-order valence-corrected chi connectivity index (χ4v) is 3.46. The van der Waals surface area contributed by atoms with Crippen LogP contribution in [0.3, 0.4) is 0 Å². The molecule has 0 spiro atoms. The molecule has 1 aromatic rings. The Morgan fingerprint density at radius 2 is 2.00 bits per heavy atom. The van der Waals surface area contributed by atoms with Gasteiger partial charge in [-0.15, -0.1) is 0 Å². The van der Waals surface area contributed by atoms with Crippen molar-refractivity contribution < 1.29 is 14.3 Å². The van der Waals surface area contributed by atoms with Gasteiger partial charge in [0.2, 0.25) is 5.91 Å².